The summed E-state index contributed by atoms with van der Waals surface area (Å²) >= 11 is 11.5. The van der Waals surface area contributed by atoms with Gasteiger partial charge in [0.25, 0.3) is 5.91 Å². The zero-order valence-electron chi connectivity index (χ0n) is 32.1. The van der Waals surface area contributed by atoms with Crippen molar-refractivity contribution < 1.29 is 24.2 Å². The fourth-order valence-electron chi connectivity index (χ4n) is 4.96. The van der Waals surface area contributed by atoms with E-state index in [0.717, 1.165) is 6.54 Å². The molecule has 6 rings (SSSR count). The summed E-state index contributed by atoms with van der Waals surface area (Å²) in [5.41, 5.74) is 1.82. The van der Waals surface area contributed by atoms with Crippen molar-refractivity contribution in [3.8, 4) is 23.1 Å². The minimum atomic E-state index is -0.988. The molecular weight excluding hydrogens is 819 g/mol. The predicted octanol–water partition coefficient (Wildman–Crippen LogP) is 8.47. The molecule has 4 heterocycles. The largest absolute Gasteiger partial charge is 0.478 e. The molecule has 0 aliphatic rings. The average molecular weight is 873 g/mol. The zero-order chi connectivity index (χ0) is 39.6. The van der Waals surface area contributed by atoms with E-state index in [-0.39, 0.29) is 52.2 Å². The first-order valence-electron chi connectivity index (χ1n) is 17.3. The van der Waals surface area contributed by atoms with Gasteiger partial charge in [0.05, 0.1) is 57.7 Å². The first-order valence-corrected chi connectivity index (χ1v) is 18.0. The summed E-state index contributed by atoms with van der Waals surface area (Å²) in [4.78, 5) is 36.6. The van der Waals surface area contributed by atoms with E-state index in [2.05, 4.69) is 49.5 Å². The van der Waals surface area contributed by atoms with Gasteiger partial charge in [-0.1, -0.05) is 69.2 Å². The maximum atomic E-state index is 13.2. The summed E-state index contributed by atoms with van der Waals surface area (Å²) in [5.74, 6) is -0.0153. The quantitative estimate of drug-likeness (QED) is 0.100. The fourth-order valence-corrected chi connectivity index (χ4v) is 5.18. The molecule has 6 aromatic rings. The summed E-state index contributed by atoms with van der Waals surface area (Å²) in [6.07, 6.45) is 9.26. The maximum Gasteiger partial charge on any atom is 0.337 e. The Balaban J connectivity index is 0.000000899. The van der Waals surface area contributed by atoms with E-state index < -0.39 is 5.97 Å². The third-order valence-electron chi connectivity index (χ3n) is 7.58. The van der Waals surface area contributed by atoms with Crippen LogP contribution in [0.3, 0.4) is 0 Å². The number of halogens is 3. The molecule has 18 heteroatoms. The van der Waals surface area contributed by atoms with E-state index in [1.165, 1.54) is 34.2 Å². The number of benzene rings is 2. The van der Waals surface area contributed by atoms with Crippen LogP contribution in [0, 0.1) is 7.43 Å². The van der Waals surface area contributed by atoms with Crippen LogP contribution < -0.4 is 14.8 Å². The molecule has 4 aromatic heterocycles. The fraction of sp³-hybridized carbons (Fsp3) is 0.293. The lowest BCUT2D eigenvalue weighted by molar-refractivity contribution is 0.0644. The Hall–Kier alpha value is -5.61. The molecule has 0 spiro atoms. The van der Waals surface area contributed by atoms with Gasteiger partial charge in [-0.15, -0.1) is 12.4 Å². The highest BCUT2D eigenvalue weighted by molar-refractivity contribution is 6.30. The van der Waals surface area contributed by atoms with Crippen molar-refractivity contribution in [1.82, 2.24) is 50.2 Å². The van der Waals surface area contributed by atoms with Crippen LogP contribution in [0.15, 0.2) is 110 Å². The third-order valence-corrected chi connectivity index (χ3v) is 8.02. The molecule has 0 bridgehead atoms. The van der Waals surface area contributed by atoms with Gasteiger partial charge in [0, 0.05) is 37.1 Å². The Morgan fingerprint density at radius 2 is 1.17 bits per heavy atom. The number of hydrogen-bond donors (Lipinski definition) is 2. The Labute approximate surface area is 363 Å². The standard InChI is InChI=1S/C19H20ClN5O2.C10H15ClN2O.C9H7N3O2.2CH4.CH3.ClH/c1-3-24(14(2)13-27-18-9-8-15(20)12-21-18)19(26)16-6-4-5-7-17(16)25-22-10-11-23-25;1-3-12-8(2)7-14-10-5-4-9(11)6-13-10;13-9(14)7-3-1-2-4-8(7)12-10-5-6-11-12;;;;/h4-12,14H,3,13H2,1-2H3;4-6,8,12H,3,7H2,1-2H3;1-6H,(H,13,14);2*1H4;1H3;1H/q;;;;;-1;/t14-;8-;;;;;/m00...../s1. The van der Waals surface area contributed by atoms with Crippen molar-refractivity contribution in [2.24, 2.45) is 0 Å². The molecule has 0 radical (unpaired) electrons. The second-order valence-corrected chi connectivity index (χ2v) is 12.5. The molecule has 320 valence electrons. The molecule has 0 unspecified atom stereocenters. The number of carboxylic acids is 1. The van der Waals surface area contributed by atoms with Crippen molar-refractivity contribution in [2.45, 2.75) is 54.6 Å². The lowest BCUT2D eigenvalue weighted by Gasteiger charge is -2.28. The lowest BCUT2D eigenvalue weighted by Crippen LogP contribution is -2.42. The Morgan fingerprint density at radius 3 is 1.59 bits per heavy atom. The van der Waals surface area contributed by atoms with Crippen molar-refractivity contribution in [1.29, 1.82) is 0 Å². The lowest BCUT2D eigenvalue weighted by atomic mass is 10.1. The number of carboxylic acid groups (broad SMARTS) is 1. The Kier molecular flexibility index (Phi) is 25.3. The number of carbonyl (C=O) groups is 2. The first-order chi connectivity index (χ1) is 26.6. The number of pyridine rings is 2. The van der Waals surface area contributed by atoms with Gasteiger partial charge in [0.1, 0.15) is 18.9 Å². The van der Waals surface area contributed by atoms with E-state index >= 15 is 0 Å². The highest BCUT2D eigenvalue weighted by atomic mass is 35.5. The van der Waals surface area contributed by atoms with Crippen molar-refractivity contribution in [3.05, 3.63) is 139 Å². The van der Waals surface area contributed by atoms with E-state index in [1.54, 1.807) is 72.0 Å². The number of ether oxygens (including phenoxy) is 2. The molecule has 15 nitrogen and oxygen atoms in total. The zero-order valence-corrected chi connectivity index (χ0v) is 34.5. The molecule has 2 atom stereocenters. The second-order valence-electron chi connectivity index (χ2n) is 11.6. The Morgan fingerprint density at radius 1 is 0.729 bits per heavy atom. The van der Waals surface area contributed by atoms with E-state index in [4.69, 9.17) is 37.8 Å². The van der Waals surface area contributed by atoms with Gasteiger partial charge in [0.15, 0.2) is 0 Å². The number of aromatic nitrogens is 8. The highest BCUT2D eigenvalue weighted by Gasteiger charge is 2.24. The molecule has 1 amide bonds. The molecule has 0 aliphatic carbocycles. The summed E-state index contributed by atoms with van der Waals surface area (Å²) in [7, 11) is 0. The van der Waals surface area contributed by atoms with Gasteiger partial charge in [-0.05, 0) is 63.7 Å². The van der Waals surface area contributed by atoms with Crippen LogP contribution in [0.5, 0.6) is 11.8 Å². The molecule has 0 fully saturated rings. The monoisotopic (exact) mass is 871 g/mol. The van der Waals surface area contributed by atoms with E-state index in [1.807, 2.05) is 32.0 Å². The minimum absolute atomic E-state index is 0. The topological polar surface area (TPSA) is 175 Å². The van der Waals surface area contributed by atoms with Crippen LogP contribution in [0.1, 0.15) is 63.3 Å². The molecule has 0 saturated heterocycles. The number of carbonyl (C=O) groups excluding carboxylic acids is 1. The SMILES string of the molecule is C.C.CCN(C(=O)c1ccccc1-n1nccn1)[C@@H](C)COc1ccc(Cl)cn1.CCN[C@@H](C)COc1ccc(Cl)cn1.Cl.O=C(O)c1ccccc1-n1nccn1.[CH3-]. The van der Waals surface area contributed by atoms with Crippen molar-refractivity contribution in [2.75, 3.05) is 26.3 Å². The van der Waals surface area contributed by atoms with Crippen LogP contribution >= 0.6 is 35.6 Å². The molecule has 0 aliphatic heterocycles. The third kappa shape index (κ3) is 16.6. The van der Waals surface area contributed by atoms with Gasteiger partial charge in [-0.2, -0.15) is 30.0 Å². The van der Waals surface area contributed by atoms with E-state index in [9.17, 15) is 9.59 Å². The summed E-state index contributed by atoms with van der Waals surface area (Å²) in [6.45, 7) is 10.4. The predicted molar refractivity (Wildman–Crippen MR) is 236 cm³/mol. The smallest absolute Gasteiger partial charge is 0.337 e. The maximum absolute atomic E-state index is 13.2. The molecule has 2 N–H and O–H groups in total. The molecule has 2 aromatic carbocycles. The molecule has 0 saturated carbocycles. The van der Waals surface area contributed by atoms with Gasteiger partial charge < -0.3 is 32.2 Å². The van der Waals surface area contributed by atoms with E-state index in [0.29, 0.717) is 64.5 Å². The minimum Gasteiger partial charge on any atom is -0.478 e. The van der Waals surface area contributed by atoms with Crippen LogP contribution in [0.25, 0.3) is 11.4 Å². The number of aromatic carboxylic acids is 1. The van der Waals surface area contributed by atoms with Crippen LogP contribution in [0.4, 0.5) is 0 Å². The van der Waals surface area contributed by atoms with Crippen molar-refractivity contribution >= 4 is 47.5 Å². The highest BCUT2D eigenvalue weighted by Crippen LogP contribution is 2.18. The van der Waals surface area contributed by atoms with Crippen LogP contribution in [-0.4, -0.2) is 100 Å². The summed E-state index contributed by atoms with van der Waals surface area (Å²) in [5, 5.41) is 29.3. The normalized spacial score (nSPS) is 10.7. The summed E-state index contributed by atoms with van der Waals surface area (Å²) in [6, 6.07) is 21.0. The molecular formula is C41H54Cl3N10O5-. The average Bonchev–Trinajstić information content (AvgIpc) is 3.95. The van der Waals surface area contributed by atoms with Gasteiger partial charge in [-0.3, -0.25) is 4.79 Å². The number of rotatable bonds is 14. The number of nitrogens with zero attached hydrogens (tertiary/aromatic N) is 9. The van der Waals surface area contributed by atoms with Crippen LogP contribution in [0.2, 0.25) is 10.0 Å². The van der Waals surface area contributed by atoms with Crippen molar-refractivity contribution in [3.63, 3.8) is 0 Å². The van der Waals surface area contributed by atoms with Gasteiger partial charge in [-0.25, -0.2) is 14.8 Å². The number of hydrogen-bond acceptors (Lipinski definition) is 11. The molecule has 59 heavy (non-hydrogen) atoms. The number of amides is 1. The van der Waals surface area contributed by atoms with Crippen LogP contribution in [-0.2, 0) is 0 Å². The number of likely N-dealkylation sites (N-methyl/N-ethyl adjacent to an activating group) is 2. The number of para-hydroxylation sites is 2. The Bertz CT molecular complexity index is 2040. The number of nitrogens with one attached hydrogen (secondary N) is 1. The summed E-state index contributed by atoms with van der Waals surface area (Å²) < 4.78 is 11.1. The second kappa shape index (κ2) is 27.9. The first kappa shape index (κ1) is 53.4. The van der Waals surface area contributed by atoms with Gasteiger partial charge in [0.2, 0.25) is 11.8 Å². The van der Waals surface area contributed by atoms with Gasteiger partial charge >= 0.3 is 5.97 Å².